The smallest absolute Gasteiger partial charge is 0.0639 e. The molecule has 0 aliphatic carbocycles. The molecule has 0 atom stereocenters. The van der Waals surface area contributed by atoms with Crippen LogP contribution in [0.15, 0.2) is 24.3 Å². The molecule has 2 rings (SSSR count). The van der Waals surface area contributed by atoms with Crippen molar-refractivity contribution in [3.63, 3.8) is 0 Å². The SMILES string of the molecule is CC1(C)CNCC(C)(C)N(c2ccccc2Cl)C1. The van der Waals surface area contributed by atoms with Crippen LogP contribution in [-0.2, 0) is 0 Å². The van der Waals surface area contributed by atoms with Gasteiger partial charge in [-0.1, -0.05) is 37.6 Å². The molecule has 1 fully saturated rings. The summed E-state index contributed by atoms with van der Waals surface area (Å²) in [5.74, 6) is 0. The molecule has 1 aliphatic heterocycles. The van der Waals surface area contributed by atoms with Crippen molar-refractivity contribution in [2.45, 2.75) is 33.2 Å². The molecule has 0 bridgehead atoms. The molecule has 0 spiro atoms. The first-order chi connectivity index (χ1) is 8.32. The molecule has 1 aromatic carbocycles. The van der Waals surface area contributed by atoms with E-state index in [0.29, 0.717) is 0 Å². The first-order valence-corrected chi connectivity index (χ1v) is 6.93. The lowest BCUT2D eigenvalue weighted by Gasteiger charge is -2.41. The quantitative estimate of drug-likeness (QED) is 0.836. The van der Waals surface area contributed by atoms with Crippen LogP contribution in [0.2, 0.25) is 5.02 Å². The second-order valence-corrected chi connectivity index (χ2v) is 7.02. The van der Waals surface area contributed by atoms with Gasteiger partial charge in [0.15, 0.2) is 0 Å². The standard InChI is InChI=1S/C15H23ClN2/c1-14(2)9-17-10-15(3,4)18(11-14)13-8-6-5-7-12(13)16/h5-8,17H,9-11H2,1-4H3. The Kier molecular flexibility index (Phi) is 3.61. The summed E-state index contributed by atoms with van der Waals surface area (Å²) >= 11 is 6.37. The average molecular weight is 267 g/mol. The van der Waals surface area contributed by atoms with Gasteiger partial charge < -0.3 is 10.2 Å². The molecule has 1 aromatic rings. The Balaban J connectivity index is 2.41. The Labute approximate surface area is 115 Å². The van der Waals surface area contributed by atoms with Gasteiger partial charge in [0.2, 0.25) is 0 Å². The highest BCUT2D eigenvalue weighted by molar-refractivity contribution is 6.33. The number of anilines is 1. The zero-order valence-electron chi connectivity index (χ0n) is 11.8. The number of hydrogen-bond donors (Lipinski definition) is 1. The third-order valence-electron chi connectivity index (χ3n) is 3.62. The summed E-state index contributed by atoms with van der Waals surface area (Å²) in [4.78, 5) is 2.44. The number of nitrogens with one attached hydrogen (secondary N) is 1. The number of nitrogens with zero attached hydrogens (tertiary/aromatic N) is 1. The molecule has 2 nitrogen and oxygen atoms in total. The first-order valence-electron chi connectivity index (χ1n) is 6.55. The van der Waals surface area contributed by atoms with E-state index in [9.17, 15) is 0 Å². The van der Waals surface area contributed by atoms with Gasteiger partial charge in [0.05, 0.1) is 10.7 Å². The van der Waals surface area contributed by atoms with Crippen LogP contribution in [0.25, 0.3) is 0 Å². The topological polar surface area (TPSA) is 15.3 Å². The number of para-hydroxylation sites is 1. The van der Waals surface area contributed by atoms with Crippen molar-refractivity contribution < 1.29 is 0 Å². The van der Waals surface area contributed by atoms with Crippen LogP contribution < -0.4 is 10.2 Å². The summed E-state index contributed by atoms with van der Waals surface area (Å²) in [6, 6.07) is 8.13. The maximum absolute atomic E-state index is 6.37. The highest BCUT2D eigenvalue weighted by Crippen LogP contribution is 2.35. The lowest BCUT2D eigenvalue weighted by atomic mass is 9.91. The fraction of sp³-hybridized carbons (Fsp3) is 0.600. The summed E-state index contributed by atoms with van der Waals surface area (Å²) in [6.07, 6.45) is 0. The number of benzene rings is 1. The van der Waals surface area contributed by atoms with Crippen LogP contribution in [0, 0.1) is 5.41 Å². The molecule has 0 amide bonds. The van der Waals surface area contributed by atoms with Crippen LogP contribution in [0.3, 0.4) is 0 Å². The zero-order chi connectivity index (χ0) is 13.4. The van der Waals surface area contributed by atoms with Gasteiger partial charge in [0.1, 0.15) is 0 Å². The molecule has 0 unspecified atom stereocenters. The van der Waals surface area contributed by atoms with Crippen molar-refractivity contribution >= 4 is 17.3 Å². The molecule has 0 saturated carbocycles. The van der Waals surface area contributed by atoms with E-state index < -0.39 is 0 Å². The summed E-state index contributed by atoms with van der Waals surface area (Å²) in [7, 11) is 0. The maximum atomic E-state index is 6.37. The van der Waals surface area contributed by atoms with E-state index in [4.69, 9.17) is 11.6 Å². The van der Waals surface area contributed by atoms with Crippen LogP contribution in [0.5, 0.6) is 0 Å². The zero-order valence-corrected chi connectivity index (χ0v) is 12.5. The van der Waals surface area contributed by atoms with Gasteiger partial charge in [-0.3, -0.25) is 0 Å². The van der Waals surface area contributed by atoms with E-state index in [1.807, 2.05) is 12.1 Å². The molecule has 18 heavy (non-hydrogen) atoms. The second-order valence-electron chi connectivity index (χ2n) is 6.62. The summed E-state index contributed by atoms with van der Waals surface area (Å²) in [5, 5.41) is 4.40. The van der Waals surface area contributed by atoms with Gasteiger partial charge in [-0.25, -0.2) is 0 Å². The second kappa shape index (κ2) is 4.75. The van der Waals surface area contributed by atoms with Gasteiger partial charge in [-0.15, -0.1) is 0 Å². The largest absolute Gasteiger partial charge is 0.363 e. The van der Waals surface area contributed by atoms with Gasteiger partial charge in [0, 0.05) is 25.2 Å². The minimum absolute atomic E-state index is 0.0682. The Morgan fingerprint density at radius 1 is 1.11 bits per heavy atom. The minimum atomic E-state index is 0.0682. The van der Waals surface area contributed by atoms with E-state index >= 15 is 0 Å². The Bertz CT molecular complexity index is 426. The van der Waals surface area contributed by atoms with Gasteiger partial charge in [0.25, 0.3) is 0 Å². The molecule has 0 aromatic heterocycles. The van der Waals surface area contributed by atoms with Crippen molar-refractivity contribution in [1.82, 2.24) is 5.32 Å². The molecule has 1 saturated heterocycles. The lowest BCUT2D eigenvalue weighted by Crippen LogP contribution is -2.50. The van der Waals surface area contributed by atoms with Crippen LogP contribution in [-0.4, -0.2) is 25.2 Å². The van der Waals surface area contributed by atoms with Crippen LogP contribution >= 0.6 is 11.6 Å². The summed E-state index contributed by atoms with van der Waals surface area (Å²) < 4.78 is 0. The van der Waals surface area contributed by atoms with Crippen LogP contribution in [0.4, 0.5) is 5.69 Å². The average Bonchev–Trinajstić information content (AvgIpc) is 2.36. The van der Waals surface area contributed by atoms with E-state index in [-0.39, 0.29) is 11.0 Å². The van der Waals surface area contributed by atoms with Crippen molar-refractivity contribution in [1.29, 1.82) is 0 Å². The monoisotopic (exact) mass is 266 g/mol. The Hall–Kier alpha value is -0.730. The maximum Gasteiger partial charge on any atom is 0.0639 e. The molecule has 1 aliphatic rings. The molecule has 0 radical (unpaired) electrons. The normalized spacial score (nSPS) is 22.6. The summed E-state index contributed by atoms with van der Waals surface area (Å²) in [5.41, 5.74) is 1.45. The lowest BCUT2D eigenvalue weighted by molar-refractivity contribution is 0.365. The van der Waals surface area contributed by atoms with Crippen molar-refractivity contribution in [3.8, 4) is 0 Å². The van der Waals surface area contributed by atoms with Gasteiger partial charge >= 0.3 is 0 Å². The predicted octanol–water partition coefficient (Wildman–Crippen LogP) is 3.55. The molecule has 3 heteroatoms. The number of rotatable bonds is 1. The highest BCUT2D eigenvalue weighted by atomic mass is 35.5. The fourth-order valence-corrected chi connectivity index (χ4v) is 2.82. The van der Waals surface area contributed by atoms with Gasteiger partial charge in [-0.05, 0) is 31.4 Å². The molecule has 1 N–H and O–H groups in total. The van der Waals surface area contributed by atoms with E-state index in [0.717, 1.165) is 30.3 Å². The predicted molar refractivity (Wildman–Crippen MR) is 79.5 cm³/mol. The Morgan fingerprint density at radius 3 is 2.44 bits per heavy atom. The highest BCUT2D eigenvalue weighted by Gasteiger charge is 2.35. The Morgan fingerprint density at radius 2 is 1.78 bits per heavy atom. The van der Waals surface area contributed by atoms with Gasteiger partial charge in [-0.2, -0.15) is 0 Å². The molecule has 1 heterocycles. The third-order valence-corrected chi connectivity index (χ3v) is 3.94. The third kappa shape index (κ3) is 2.81. The van der Waals surface area contributed by atoms with Crippen molar-refractivity contribution in [2.75, 3.05) is 24.5 Å². The molecular formula is C15H23ClN2. The van der Waals surface area contributed by atoms with E-state index in [2.05, 4.69) is 50.0 Å². The first kappa shape index (κ1) is 13.7. The summed E-state index contributed by atoms with van der Waals surface area (Å²) in [6.45, 7) is 12.2. The number of hydrogen-bond acceptors (Lipinski definition) is 2. The van der Waals surface area contributed by atoms with E-state index in [1.54, 1.807) is 0 Å². The van der Waals surface area contributed by atoms with E-state index in [1.165, 1.54) is 0 Å². The van der Waals surface area contributed by atoms with Crippen molar-refractivity contribution in [2.24, 2.45) is 5.41 Å². The van der Waals surface area contributed by atoms with Crippen LogP contribution in [0.1, 0.15) is 27.7 Å². The minimum Gasteiger partial charge on any atom is -0.363 e. The molecular weight excluding hydrogens is 244 g/mol. The molecule has 100 valence electrons. The number of halogens is 1. The van der Waals surface area contributed by atoms with Crippen molar-refractivity contribution in [3.05, 3.63) is 29.3 Å². The fourth-order valence-electron chi connectivity index (χ4n) is 2.58.